The molecule has 0 unspecified atom stereocenters. The quantitative estimate of drug-likeness (QED) is 0.118. The van der Waals surface area contributed by atoms with Crippen molar-refractivity contribution in [1.82, 2.24) is 29.7 Å². The molecule has 0 atom stereocenters. The zero-order chi connectivity index (χ0) is 34.8. The van der Waals surface area contributed by atoms with Crippen molar-refractivity contribution in [3.05, 3.63) is 42.2 Å². The zero-order valence-corrected chi connectivity index (χ0v) is 28.8. The molecule has 0 bridgehead atoms. The molecule has 4 N–H and O–H groups in total. The van der Waals surface area contributed by atoms with Gasteiger partial charge in [-0.1, -0.05) is 24.6 Å². The maximum Gasteiger partial charge on any atom is 0.246 e. The Balaban J connectivity index is 1.23. The first-order valence-corrected chi connectivity index (χ1v) is 17.1. The van der Waals surface area contributed by atoms with E-state index in [0.29, 0.717) is 61.8 Å². The lowest BCUT2D eigenvalue weighted by Gasteiger charge is -2.30. The number of anilines is 1. The van der Waals surface area contributed by atoms with Gasteiger partial charge in [0.25, 0.3) is 0 Å². The van der Waals surface area contributed by atoms with E-state index < -0.39 is 5.60 Å². The first-order chi connectivity index (χ1) is 22.9. The van der Waals surface area contributed by atoms with E-state index in [0.717, 1.165) is 54.9 Å². The molecular formula is C36H51N7O5. The number of aromatic nitrogens is 3. The number of carbonyl (C=O) groups is 4. The highest BCUT2D eigenvalue weighted by atomic mass is 16.3. The Hall–Kier alpha value is -4.32. The molecule has 0 saturated heterocycles. The first kappa shape index (κ1) is 36.5. The normalized spacial score (nSPS) is 16.8. The summed E-state index contributed by atoms with van der Waals surface area (Å²) in [5, 5.41) is 14.7. The predicted molar refractivity (Wildman–Crippen MR) is 187 cm³/mol. The highest BCUT2D eigenvalue weighted by Gasteiger charge is 2.28. The van der Waals surface area contributed by atoms with Crippen molar-refractivity contribution in [3.8, 4) is 0 Å². The van der Waals surface area contributed by atoms with Gasteiger partial charge in [0.05, 0.1) is 29.7 Å². The average molecular weight is 662 g/mol. The van der Waals surface area contributed by atoms with E-state index >= 15 is 0 Å². The Kier molecular flexibility index (Phi) is 12.7. The van der Waals surface area contributed by atoms with Gasteiger partial charge >= 0.3 is 0 Å². The molecule has 1 aromatic carbocycles. The van der Waals surface area contributed by atoms with Gasteiger partial charge in [-0.25, -0.2) is 9.97 Å². The maximum atomic E-state index is 13.3. The van der Waals surface area contributed by atoms with E-state index in [9.17, 15) is 24.3 Å². The summed E-state index contributed by atoms with van der Waals surface area (Å²) in [6, 6.07) is 7.71. The second-order valence-corrected chi connectivity index (χ2v) is 13.6. The number of fused-ring (bicyclic) bond motifs is 3. The van der Waals surface area contributed by atoms with Crippen molar-refractivity contribution in [1.29, 1.82) is 0 Å². The van der Waals surface area contributed by atoms with Crippen molar-refractivity contribution >= 4 is 51.8 Å². The molecule has 1 aliphatic rings. The number of nitrogen functional groups attached to an aromatic ring is 1. The first-order valence-electron chi connectivity index (χ1n) is 17.1. The molecule has 3 aromatic rings. The molecule has 1 fully saturated rings. The number of aliphatic hydroxyl groups is 1. The van der Waals surface area contributed by atoms with E-state index in [2.05, 4.69) is 10.3 Å². The van der Waals surface area contributed by atoms with E-state index in [4.69, 9.17) is 10.7 Å². The van der Waals surface area contributed by atoms with E-state index in [1.165, 1.54) is 12.2 Å². The minimum absolute atomic E-state index is 0.0124. The van der Waals surface area contributed by atoms with Gasteiger partial charge in [0.1, 0.15) is 17.6 Å². The van der Waals surface area contributed by atoms with Gasteiger partial charge in [0, 0.05) is 50.5 Å². The number of aldehydes is 1. The Bertz CT molecular complexity index is 1620. The number of carbonyl (C=O) groups excluding carboxylic acids is 4. The molecule has 0 spiro atoms. The molecule has 0 aliphatic heterocycles. The Morgan fingerprint density at radius 2 is 1.83 bits per heavy atom. The second kappa shape index (κ2) is 16.7. The summed E-state index contributed by atoms with van der Waals surface area (Å²) in [7, 11) is 1.73. The number of nitrogens with one attached hydrogen (secondary N) is 1. The van der Waals surface area contributed by atoms with Gasteiger partial charge in [-0.2, -0.15) is 0 Å². The number of allylic oxidation sites excluding steroid dienone is 1. The number of hydrogen-bond acceptors (Lipinski definition) is 8. The molecule has 3 amide bonds. The lowest BCUT2D eigenvalue weighted by Crippen LogP contribution is -2.36. The van der Waals surface area contributed by atoms with Crippen LogP contribution in [-0.2, 0) is 32.3 Å². The van der Waals surface area contributed by atoms with Crippen LogP contribution in [0.3, 0.4) is 0 Å². The van der Waals surface area contributed by atoms with Gasteiger partial charge in [-0.3, -0.25) is 19.2 Å². The minimum atomic E-state index is -1.02. The van der Waals surface area contributed by atoms with Gasteiger partial charge in [0.15, 0.2) is 5.82 Å². The Labute approximate surface area is 282 Å². The van der Waals surface area contributed by atoms with E-state index in [-0.39, 0.29) is 36.7 Å². The number of nitrogens with two attached hydrogens (primary N) is 1. The van der Waals surface area contributed by atoms with E-state index in [1.54, 1.807) is 30.7 Å². The summed E-state index contributed by atoms with van der Waals surface area (Å²) >= 11 is 0. The summed E-state index contributed by atoms with van der Waals surface area (Å²) in [6.07, 6.45) is 9.16. The lowest BCUT2D eigenvalue weighted by atomic mass is 9.81. The highest BCUT2D eigenvalue weighted by molar-refractivity contribution is 6.06. The fourth-order valence-electron chi connectivity index (χ4n) is 6.56. The van der Waals surface area contributed by atoms with Crippen LogP contribution >= 0.6 is 0 Å². The van der Waals surface area contributed by atoms with Gasteiger partial charge in [0.2, 0.25) is 17.7 Å². The summed E-state index contributed by atoms with van der Waals surface area (Å²) in [4.78, 5) is 61.3. The van der Waals surface area contributed by atoms with Crippen molar-refractivity contribution in [2.75, 3.05) is 32.4 Å². The lowest BCUT2D eigenvalue weighted by molar-refractivity contribution is -0.132. The third-order valence-corrected chi connectivity index (χ3v) is 9.11. The maximum absolute atomic E-state index is 13.3. The van der Waals surface area contributed by atoms with E-state index in [1.807, 2.05) is 35.8 Å². The number of pyridine rings is 1. The van der Waals surface area contributed by atoms with Crippen LogP contribution in [0.15, 0.2) is 36.4 Å². The third kappa shape index (κ3) is 9.62. The predicted octanol–water partition coefficient (Wildman–Crippen LogP) is 3.98. The SMILES string of the molecule is CCN(Cc1nc2c(N)nc3ccccc3c2n1CC(C)(C)O)C(=O)CCCCCNC(=O)C1CCC(CN(C)C(=O)/C=C\C=O)CC1. The van der Waals surface area contributed by atoms with Crippen molar-refractivity contribution < 1.29 is 24.3 Å². The molecule has 260 valence electrons. The molecule has 0 radical (unpaired) electrons. The number of benzene rings is 1. The molecule has 48 heavy (non-hydrogen) atoms. The van der Waals surface area contributed by atoms with Crippen LogP contribution in [-0.4, -0.2) is 85.7 Å². The van der Waals surface area contributed by atoms with Crippen molar-refractivity contribution in [2.24, 2.45) is 11.8 Å². The minimum Gasteiger partial charge on any atom is -0.389 e. The smallest absolute Gasteiger partial charge is 0.246 e. The molecule has 4 rings (SSSR count). The summed E-state index contributed by atoms with van der Waals surface area (Å²) in [5.74, 6) is 1.23. The topological polar surface area (TPSA) is 164 Å². The summed E-state index contributed by atoms with van der Waals surface area (Å²) in [5.41, 5.74) is 7.42. The van der Waals surface area contributed by atoms with Crippen LogP contribution in [0.4, 0.5) is 5.82 Å². The fourth-order valence-corrected chi connectivity index (χ4v) is 6.56. The van der Waals surface area contributed by atoms with Crippen LogP contribution < -0.4 is 11.1 Å². The standard InChI is InChI=1S/C36H51N7O5/c1-5-42(23-29-40-32-33(43(29)24-36(2,3)48)27-12-8-9-13-28(27)39-34(32)37)31(46)14-7-6-10-20-38-35(47)26-18-16-25(17-19-26)22-41(4)30(45)15-11-21-44/h8-9,11-13,15,21,25-26,48H,5-7,10,14,16-20,22-24H2,1-4H3,(H2,37,39)(H,38,47)/b15-11-. The molecule has 12 nitrogen and oxygen atoms in total. The van der Waals surface area contributed by atoms with Crippen LogP contribution in [0.2, 0.25) is 0 Å². The zero-order valence-electron chi connectivity index (χ0n) is 28.8. The second-order valence-electron chi connectivity index (χ2n) is 13.6. The number of unbranched alkanes of at least 4 members (excludes halogenated alkanes) is 2. The van der Waals surface area contributed by atoms with Crippen LogP contribution in [0.5, 0.6) is 0 Å². The number of hydrogen-bond donors (Lipinski definition) is 3. The van der Waals surface area contributed by atoms with Gasteiger partial charge < -0.3 is 30.5 Å². The molecular weight excluding hydrogens is 610 g/mol. The molecule has 12 heteroatoms. The Morgan fingerprint density at radius 3 is 2.52 bits per heavy atom. The van der Waals surface area contributed by atoms with Crippen LogP contribution in [0.1, 0.15) is 78.0 Å². The van der Waals surface area contributed by atoms with Crippen molar-refractivity contribution in [3.63, 3.8) is 0 Å². The number of likely N-dealkylation sites (N-methyl/N-ethyl adjacent to an activating group) is 1. The average Bonchev–Trinajstić information content (AvgIpc) is 3.41. The number of imidazole rings is 1. The molecule has 1 aliphatic carbocycles. The van der Waals surface area contributed by atoms with Gasteiger partial charge in [-0.15, -0.1) is 0 Å². The number of amides is 3. The van der Waals surface area contributed by atoms with Crippen molar-refractivity contribution in [2.45, 2.75) is 90.8 Å². The number of rotatable bonds is 16. The Morgan fingerprint density at radius 1 is 1.10 bits per heavy atom. The number of para-hydroxylation sites is 1. The number of nitrogens with zero attached hydrogens (tertiary/aromatic N) is 5. The van der Waals surface area contributed by atoms with Gasteiger partial charge in [-0.05, 0) is 77.4 Å². The fraction of sp³-hybridized carbons (Fsp3) is 0.556. The summed E-state index contributed by atoms with van der Waals surface area (Å²) in [6.45, 7) is 7.72. The monoisotopic (exact) mass is 661 g/mol. The summed E-state index contributed by atoms with van der Waals surface area (Å²) < 4.78 is 1.97. The molecule has 2 aromatic heterocycles. The van der Waals surface area contributed by atoms with Crippen LogP contribution in [0.25, 0.3) is 21.9 Å². The molecule has 2 heterocycles. The third-order valence-electron chi connectivity index (χ3n) is 9.11. The largest absolute Gasteiger partial charge is 0.389 e. The highest BCUT2D eigenvalue weighted by Crippen LogP contribution is 2.31. The van der Waals surface area contributed by atoms with Crippen LogP contribution in [0, 0.1) is 11.8 Å². The molecule has 1 saturated carbocycles.